The molecule has 4 atom stereocenters. The Morgan fingerprint density at radius 2 is 0.714 bits per heavy atom. The van der Waals surface area contributed by atoms with Crippen LogP contribution in [-0.4, -0.2) is 68.0 Å². The van der Waals surface area contributed by atoms with Crippen LogP contribution in [-0.2, 0) is 29.5 Å². The van der Waals surface area contributed by atoms with E-state index in [1.54, 1.807) is 0 Å². The molecule has 0 rings (SSSR count). The molecule has 0 aliphatic carbocycles. The molecule has 0 amide bonds. The Hall–Kier alpha value is 2.04. The molecular weight excluding hydrogens is 483 g/mol. The van der Waals surface area contributed by atoms with Gasteiger partial charge in [-0.15, -0.1) is 0 Å². The van der Waals surface area contributed by atoms with E-state index >= 15 is 0 Å². The Kier molecular flexibility index (Phi) is 13.6. The fourth-order valence-corrected chi connectivity index (χ4v) is 16.7. The summed E-state index contributed by atoms with van der Waals surface area (Å²) < 4.78 is 38.0. The molecule has 21 heavy (non-hydrogen) atoms. The van der Waals surface area contributed by atoms with E-state index in [-0.39, 0.29) is 0 Å². The topological polar surface area (TPSA) is 155 Å². The first-order chi connectivity index (χ1) is 9.82. The molecule has 0 heterocycles. The van der Waals surface area contributed by atoms with Gasteiger partial charge in [0.2, 0.25) is 0 Å². The molecule has 128 valence electrons. The Labute approximate surface area is 132 Å². The third kappa shape index (κ3) is 9.81. The molecule has 0 aromatic heterocycles. The summed E-state index contributed by atoms with van der Waals surface area (Å²) in [7, 11) is -5.61. The number of hydrogen-bond donors (Lipinski definition) is 4. The minimum atomic E-state index is -5.40. The molecule has 0 saturated carbocycles. The van der Waals surface area contributed by atoms with E-state index in [0.717, 1.165) is 28.4 Å². The molecule has 17 heteroatoms. The van der Waals surface area contributed by atoms with Gasteiger partial charge in [-0.05, 0) is 0 Å². The van der Waals surface area contributed by atoms with E-state index in [2.05, 4.69) is 18.1 Å². The second kappa shape index (κ2) is 12.4. The van der Waals surface area contributed by atoms with Crippen LogP contribution >= 0.6 is 34.4 Å². The van der Waals surface area contributed by atoms with Gasteiger partial charge in [-0.1, -0.05) is 0 Å². The van der Waals surface area contributed by atoms with Gasteiger partial charge in [-0.2, -0.15) is 0 Å². The van der Waals surface area contributed by atoms with E-state index in [9.17, 15) is 19.6 Å². The standard InChI is InChI=1S/4CH4O3P.Sn/c4*1-4-5(2)3;/h4*2H,1H3;/q4*-1;+4. The molecule has 12 nitrogen and oxygen atoms in total. The SMILES string of the molecule is COP(O)[O][Sn]([O]P(O)OC)([O]P(O)OC)[O]P(O)OC. The molecule has 0 aromatic carbocycles. The summed E-state index contributed by atoms with van der Waals surface area (Å²) in [6, 6.07) is 0. The predicted octanol–water partition coefficient (Wildman–Crippen LogP) is 0.951. The van der Waals surface area contributed by atoms with Gasteiger partial charge in [0.05, 0.1) is 0 Å². The van der Waals surface area contributed by atoms with Crippen LogP contribution in [0.1, 0.15) is 0 Å². The molecule has 0 bridgehead atoms. The zero-order valence-corrected chi connectivity index (χ0v) is 17.8. The van der Waals surface area contributed by atoms with Crippen molar-refractivity contribution in [1.29, 1.82) is 0 Å². The molecule has 0 fully saturated rings. The monoisotopic (exact) mass is 500 g/mol. The molecule has 0 spiro atoms. The summed E-state index contributed by atoms with van der Waals surface area (Å²) in [6.07, 6.45) is 0. The maximum atomic E-state index is 9.44. The summed E-state index contributed by atoms with van der Waals surface area (Å²) in [5, 5.41) is 0. The molecule has 4 N–H and O–H groups in total. The molecule has 0 aliphatic rings. The van der Waals surface area contributed by atoms with Crippen molar-refractivity contribution in [1.82, 2.24) is 0 Å². The van der Waals surface area contributed by atoms with Crippen molar-refractivity contribution in [2.45, 2.75) is 0 Å². The molecule has 0 saturated heterocycles. The fourth-order valence-electron chi connectivity index (χ4n) is 0.632. The maximum absolute atomic E-state index is 9.44. The van der Waals surface area contributed by atoms with Crippen molar-refractivity contribution in [3.05, 3.63) is 0 Å². The second-order valence-electron chi connectivity index (χ2n) is 2.55. The zero-order valence-electron chi connectivity index (χ0n) is 11.3. The first-order valence-corrected chi connectivity index (χ1v) is 13.9. The summed E-state index contributed by atoms with van der Waals surface area (Å²) >= 11 is -5.40. The molecule has 4 unspecified atom stereocenters. The molecule has 0 aliphatic heterocycles. The summed E-state index contributed by atoms with van der Waals surface area (Å²) in [6.45, 7) is 0. The van der Waals surface area contributed by atoms with Crippen molar-refractivity contribution in [3.63, 3.8) is 0 Å². The van der Waals surface area contributed by atoms with Crippen LogP contribution in [0.4, 0.5) is 0 Å². The quantitative estimate of drug-likeness (QED) is 0.224. The summed E-state index contributed by atoms with van der Waals surface area (Å²) in [4.78, 5) is 37.7. The zero-order chi connectivity index (χ0) is 16.5. The van der Waals surface area contributed by atoms with Gasteiger partial charge < -0.3 is 0 Å². The van der Waals surface area contributed by atoms with Crippen LogP contribution in [0.15, 0.2) is 0 Å². The predicted molar refractivity (Wildman–Crippen MR) is 74.7 cm³/mol. The molecular formula is C4H16O12P4Sn. The van der Waals surface area contributed by atoms with Crippen LogP contribution in [0.5, 0.6) is 0 Å². The van der Waals surface area contributed by atoms with Gasteiger partial charge in [0.25, 0.3) is 0 Å². The van der Waals surface area contributed by atoms with Crippen molar-refractivity contribution in [2.24, 2.45) is 0 Å². The molecule has 0 radical (unpaired) electrons. The Bertz CT molecular complexity index is 222. The van der Waals surface area contributed by atoms with E-state index in [1.165, 1.54) is 0 Å². The minimum absolute atomic E-state index is 1.12. The Morgan fingerprint density at radius 3 is 0.857 bits per heavy atom. The van der Waals surface area contributed by atoms with Crippen molar-refractivity contribution in [3.8, 4) is 0 Å². The van der Waals surface area contributed by atoms with Gasteiger partial charge >= 0.3 is 132 Å². The van der Waals surface area contributed by atoms with Crippen LogP contribution in [0.2, 0.25) is 0 Å². The van der Waals surface area contributed by atoms with Gasteiger partial charge in [-0.3, -0.25) is 0 Å². The summed E-state index contributed by atoms with van der Waals surface area (Å²) in [5.41, 5.74) is 0. The first-order valence-electron chi connectivity index (χ1n) is 4.71. The van der Waals surface area contributed by atoms with E-state index in [4.69, 9.17) is 11.4 Å². The van der Waals surface area contributed by atoms with Crippen LogP contribution in [0, 0.1) is 0 Å². The van der Waals surface area contributed by atoms with E-state index < -0.39 is 54.4 Å². The summed E-state index contributed by atoms with van der Waals surface area (Å²) in [5.74, 6) is 0. The Morgan fingerprint density at radius 1 is 0.524 bits per heavy atom. The number of rotatable bonds is 12. The van der Waals surface area contributed by atoms with E-state index in [0.29, 0.717) is 0 Å². The van der Waals surface area contributed by atoms with Gasteiger partial charge in [0.15, 0.2) is 0 Å². The molecule has 0 aromatic rings. The third-order valence-corrected chi connectivity index (χ3v) is 17.2. The normalized spacial score (nSPS) is 20.6. The van der Waals surface area contributed by atoms with E-state index in [1.807, 2.05) is 0 Å². The average Bonchev–Trinajstić information content (AvgIpc) is 2.46. The van der Waals surface area contributed by atoms with Crippen LogP contribution in [0.3, 0.4) is 0 Å². The van der Waals surface area contributed by atoms with Crippen LogP contribution in [0.25, 0.3) is 0 Å². The van der Waals surface area contributed by atoms with Crippen molar-refractivity contribution in [2.75, 3.05) is 28.4 Å². The van der Waals surface area contributed by atoms with Crippen LogP contribution < -0.4 is 0 Å². The van der Waals surface area contributed by atoms with Gasteiger partial charge in [0.1, 0.15) is 0 Å². The Balaban J connectivity index is 5.23. The average molecular weight is 499 g/mol. The number of hydrogen-bond acceptors (Lipinski definition) is 12. The van der Waals surface area contributed by atoms with Crippen molar-refractivity contribution < 1.29 is 49.1 Å². The van der Waals surface area contributed by atoms with Crippen molar-refractivity contribution >= 4 is 54.4 Å². The van der Waals surface area contributed by atoms with Gasteiger partial charge in [0, 0.05) is 0 Å². The van der Waals surface area contributed by atoms with Gasteiger partial charge in [-0.25, -0.2) is 0 Å². The second-order valence-corrected chi connectivity index (χ2v) is 15.7. The third-order valence-electron chi connectivity index (χ3n) is 1.38. The first kappa shape index (κ1) is 23.0. The fraction of sp³-hybridized carbons (Fsp3) is 1.00.